The molecule has 2 N–H and O–H groups in total. The first-order valence-electron chi connectivity index (χ1n) is 4.68. The number of fused-ring (bicyclic) bond motifs is 1. The van der Waals surface area contributed by atoms with Crippen molar-refractivity contribution in [2.24, 2.45) is 5.41 Å². The molecule has 0 amide bonds. The molecule has 0 aromatic rings. The largest absolute Gasteiger partial charge is 0.393 e. The summed E-state index contributed by atoms with van der Waals surface area (Å²) in [6, 6.07) is 0. The van der Waals surface area contributed by atoms with Gasteiger partial charge in [0, 0.05) is 5.41 Å². The standard InChI is InChI=1S/C10H16O2/c1-10-5-4-8(11)6-7(10)2-3-9(10)12/h2,8-9,11-12H,3-6H2,1H3. The average Bonchev–Trinajstić information content (AvgIpc) is 2.31. The molecule has 3 atom stereocenters. The molecule has 0 saturated heterocycles. The molecule has 68 valence electrons. The average molecular weight is 168 g/mol. The summed E-state index contributed by atoms with van der Waals surface area (Å²) in [5, 5.41) is 19.2. The van der Waals surface area contributed by atoms with Crippen LogP contribution in [0.15, 0.2) is 11.6 Å². The lowest BCUT2D eigenvalue weighted by molar-refractivity contribution is 0.0327. The Morgan fingerprint density at radius 2 is 2.25 bits per heavy atom. The van der Waals surface area contributed by atoms with Crippen molar-refractivity contribution in [2.75, 3.05) is 0 Å². The van der Waals surface area contributed by atoms with Gasteiger partial charge in [0.25, 0.3) is 0 Å². The highest BCUT2D eigenvalue weighted by molar-refractivity contribution is 5.25. The maximum Gasteiger partial charge on any atom is 0.0665 e. The Labute approximate surface area is 72.9 Å². The molecule has 12 heavy (non-hydrogen) atoms. The molecular formula is C10H16O2. The third-order valence-corrected chi connectivity index (χ3v) is 3.51. The van der Waals surface area contributed by atoms with Crippen molar-refractivity contribution in [2.45, 2.75) is 44.8 Å². The van der Waals surface area contributed by atoms with Crippen LogP contribution in [0.25, 0.3) is 0 Å². The van der Waals surface area contributed by atoms with Crippen molar-refractivity contribution in [3.8, 4) is 0 Å². The van der Waals surface area contributed by atoms with Crippen LogP contribution in [-0.2, 0) is 0 Å². The maximum atomic E-state index is 9.74. The lowest BCUT2D eigenvalue weighted by atomic mass is 9.71. The summed E-state index contributed by atoms with van der Waals surface area (Å²) in [5.74, 6) is 0. The zero-order valence-corrected chi connectivity index (χ0v) is 7.45. The Morgan fingerprint density at radius 3 is 3.00 bits per heavy atom. The van der Waals surface area contributed by atoms with E-state index in [1.165, 1.54) is 5.57 Å². The fourth-order valence-corrected chi connectivity index (χ4v) is 2.43. The van der Waals surface area contributed by atoms with Crippen LogP contribution >= 0.6 is 0 Å². The van der Waals surface area contributed by atoms with E-state index in [1.54, 1.807) is 0 Å². The molecule has 2 aliphatic carbocycles. The zero-order chi connectivity index (χ0) is 8.77. The molecule has 3 unspecified atom stereocenters. The van der Waals surface area contributed by atoms with E-state index in [9.17, 15) is 10.2 Å². The summed E-state index contributed by atoms with van der Waals surface area (Å²) >= 11 is 0. The predicted octanol–water partition coefficient (Wildman–Crippen LogP) is 1.23. The molecule has 0 heterocycles. The van der Waals surface area contributed by atoms with E-state index in [4.69, 9.17) is 0 Å². The highest BCUT2D eigenvalue weighted by Gasteiger charge is 2.43. The molecule has 0 radical (unpaired) electrons. The van der Waals surface area contributed by atoms with Crippen LogP contribution in [0.1, 0.15) is 32.6 Å². The Hall–Kier alpha value is -0.340. The summed E-state index contributed by atoms with van der Waals surface area (Å²) < 4.78 is 0. The van der Waals surface area contributed by atoms with Gasteiger partial charge < -0.3 is 10.2 Å². The van der Waals surface area contributed by atoms with Crippen LogP contribution < -0.4 is 0 Å². The first kappa shape index (κ1) is 8.27. The van der Waals surface area contributed by atoms with E-state index in [0.29, 0.717) is 0 Å². The molecule has 2 aliphatic rings. The van der Waals surface area contributed by atoms with Crippen molar-refractivity contribution in [3.05, 3.63) is 11.6 Å². The van der Waals surface area contributed by atoms with Crippen molar-refractivity contribution in [3.63, 3.8) is 0 Å². The highest BCUT2D eigenvalue weighted by Crippen LogP contribution is 2.48. The van der Waals surface area contributed by atoms with Crippen LogP contribution in [0, 0.1) is 5.41 Å². The van der Waals surface area contributed by atoms with Gasteiger partial charge in [-0.05, 0) is 25.7 Å². The van der Waals surface area contributed by atoms with Gasteiger partial charge in [-0.25, -0.2) is 0 Å². The van der Waals surface area contributed by atoms with Gasteiger partial charge in [0.2, 0.25) is 0 Å². The second-order valence-corrected chi connectivity index (χ2v) is 4.29. The van der Waals surface area contributed by atoms with Crippen LogP contribution in [0.4, 0.5) is 0 Å². The van der Waals surface area contributed by atoms with E-state index in [1.807, 2.05) is 0 Å². The molecule has 2 rings (SSSR count). The van der Waals surface area contributed by atoms with Gasteiger partial charge in [-0.1, -0.05) is 18.6 Å². The van der Waals surface area contributed by atoms with Gasteiger partial charge in [0.15, 0.2) is 0 Å². The van der Waals surface area contributed by atoms with E-state index in [2.05, 4.69) is 13.0 Å². The Morgan fingerprint density at radius 1 is 1.50 bits per heavy atom. The summed E-state index contributed by atoms with van der Waals surface area (Å²) in [4.78, 5) is 0. The van der Waals surface area contributed by atoms with E-state index >= 15 is 0 Å². The topological polar surface area (TPSA) is 40.5 Å². The first-order chi connectivity index (χ1) is 5.63. The summed E-state index contributed by atoms with van der Waals surface area (Å²) in [6.07, 6.45) is 5.04. The molecule has 1 saturated carbocycles. The predicted molar refractivity (Wildman–Crippen MR) is 46.7 cm³/mol. The van der Waals surface area contributed by atoms with Gasteiger partial charge in [-0.3, -0.25) is 0 Å². The zero-order valence-electron chi connectivity index (χ0n) is 7.45. The Kier molecular flexibility index (Phi) is 1.77. The van der Waals surface area contributed by atoms with Gasteiger partial charge in [0.05, 0.1) is 12.2 Å². The van der Waals surface area contributed by atoms with Crippen LogP contribution in [0.5, 0.6) is 0 Å². The quantitative estimate of drug-likeness (QED) is 0.534. The minimum atomic E-state index is -0.208. The van der Waals surface area contributed by atoms with Gasteiger partial charge in [0.1, 0.15) is 0 Å². The Bertz CT molecular complexity index is 222. The number of aliphatic hydroxyl groups is 2. The molecule has 0 aromatic carbocycles. The molecular weight excluding hydrogens is 152 g/mol. The smallest absolute Gasteiger partial charge is 0.0665 e. The lowest BCUT2D eigenvalue weighted by Crippen LogP contribution is -2.35. The van der Waals surface area contributed by atoms with Crippen LogP contribution in [0.3, 0.4) is 0 Å². The lowest BCUT2D eigenvalue weighted by Gasteiger charge is -2.37. The molecule has 0 spiro atoms. The monoisotopic (exact) mass is 168 g/mol. The second kappa shape index (κ2) is 2.57. The van der Waals surface area contributed by atoms with Gasteiger partial charge in [-0.2, -0.15) is 0 Å². The molecule has 1 fully saturated rings. The molecule has 2 heteroatoms. The fraction of sp³-hybridized carbons (Fsp3) is 0.800. The minimum absolute atomic E-state index is 0.0147. The van der Waals surface area contributed by atoms with Gasteiger partial charge >= 0.3 is 0 Å². The first-order valence-corrected chi connectivity index (χ1v) is 4.68. The fourth-order valence-electron chi connectivity index (χ4n) is 2.43. The van der Waals surface area contributed by atoms with Crippen LogP contribution in [0.2, 0.25) is 0 Å². The van der Waals surface area contributed by atoms with Crippen molar-refractivity contribution >= 4 is 0 Å². The van der Waals surface area contributed by atoms with Crippen molar-refractivity contribution < 1.29 is 10.2 Å². The highest BCUT2D eigenvalue weighted by atomic mass is 16.3. The van der Waals surface area contributed by atoms with Gasteiger partial charge in [-0.15, -0.1) is 0 Å². The van der Waals surface area contributed by atoms with Crippen molar-refractivity contribution in [1.29, 1.82) is 0 Å². The second-order valence-electron chi connectivity index (χ2n) is 4.29. The van der Waals surface area contributed by atoms with Crippen LogP contribution in [-0.4, -0.2) is 22.4 Å². The number of hydrogen-bond donors (Lipinski definition) is 2. The Balaban J connectivity index is 2.22. The van der Waals surface area contributed by atoms with E-state index in [-0.39, 0.29) is 17.6 Å². The molecule has 2 nitrogen and oxygen atoms in total. The summed E-state index contributed by atoms with van der Waals surface area (Å²) in [7, 11) is 0. The maximum absolute atomic E-state index is 9.74. The number of hydrogen-bond acceptors (Lipinski definition) is 2. The number of aliphatic hydroxyl groups excluding tert-OH is 2. The summed E-state index contributed by atoms with van der Waals surface area (Å²) in [5.41, 5.74) is 1.26. The van der Waals surface area contributed by atoms with Crippen molar-refractivity contribution in [1.82, 2.24) is 0 Å². The normalized spacial score (nSPS) is 47.1. The third kappa shape index (κ3) is 1.02. The SMILES string of the molecule is CC12CCC(O)CC1=CCC2O. The van der Waals surface area contributed by atoms with E-state index < -0.39 is 0 Å². The number of rotatable bonds is 0. The molecule has 0 aliphatic heterocycles. The molecule has 0 bridgehead atoms. The third-order valence-electron chi connectivity index (χ3n) is 3.51. The minimum Gasteiger partial charge on any atom is -0.393 e. The van der Waals surface area contributed by atoms with E-state index in [0.717, 1.165) is 25.7 Å². The summed E-state index contributed by atoms with van der Waals surface area (Å²) in [6.45, 7) is 2.11. The molecule has 0 aromatic heterocycles.